The van der Waals surface area contributed by atoms with E-state index >= 15 is 0 Å². The first kappa shape index (κ1) is 33.7. The predicted octanol–water partition coefficient (Wildman–Crippen LogP) is 9.01. The van der Waals surface area contributed by atoms with Gasteiger partial charge in [-0.15, -0.1) is 0 Å². The number of benzene rings is 1. The van der Waals surface area contributed by atoms with Crippen molar-refractivity contribution in [1.82, 2.24) is 0 Å². The van der Waals surface area contributed by atoms with Crippen LogP contribution in [0.1, 0.15) is 67.9 Å². The molecule has 0 fully saturated rings. The molecule has 1 aromatic rings. The monoisotopic (exact) mass is 554 g/mol. The Morgan fingerprint density at radius 1 is 0.583 bits per heavy atom. The summed E-state index contributed by atoms with van der Waals surface area (Å²) in [7, 11) is -6.01. The molecule has 0 radical (unpaired) electrons. The van der Waals surface area contributed by atoms with Gasteiger partial charge in [0.05, 0.1) is 25.9 Å². The Balaban J connectivity index is 3.32. The van der Waals surface area contributed by atoms with Crippen LogP contribution in [0.2, 0.25) is 54.4 Å². The van der Waals surface area contributed by atoms with E-state index in [0.29, 0.717) is 19.8 Å². The molecule has 0 aliphatic carbocycles. The molecule has 7 heteroatoms. The van der Waals surface area contributed by atoms with Crippen molar-refractivity contribution in [2.45, 2.75) is 136 Å². The van der Waals surface area contributed by atoms with Crippen molar-refractivity contribution >= 4 is 25.0 Å². The zero-order chi connectivity index (χ0) is 28.2. The van der Waals surface area contributed by atoms with Crippen LogP contribution >= 0.6 is 0 Å². The van der Waals surface area contributed by atoms with Gasteiger partial charge >= 0.3 is 0 Å². The SMILES string of the molecule is CC(C)(C)[Si](C)(C)OCC(OCc1ccccc1)C(CO[Si](C)(C)C(C)(C)C)O[Si](C)(C)C(C)(C)C. The molecule has 4 nitrogen and oxygen atoms in total. The fourth-order valence-electron chi connectivity index (χ4n) is 2.83. The molecule has 2 atom stereocenters. The van der Waals surface area contributed by atoms with Crippen molar-refractivity contribution in [3.8, 4) is 0 Å². The maximum Gasteiger partial charge on any atom is 0.192 e. The molecule has 210 valence electrons. The highest BCUT2D eigenvalue weighted by Crippen LogP contribution is 2.40. The minimum absolute atomic E-state index is 0.0898. The number of ether oxygens (including phenoxy) is 1. The van der Waals surface area contributed by atoms with Gasteiger partial charge < -0.3 is 18.0 Å². The average Bonchev–Trinajstić information content (AvgIpc) is 2.69. The van der Waals surface area contributed by atoms with Crippen LogP contribution in [0.3, 0.4) is 0 Å². The van der Waals surface area contributed by atoms with Crippen LogP contribution in [0.4, 0.5) is 0 Å². The highest BCUT2D eigenvalue weighted by atomic mass is 28.4. The number of rotatable bonds is 12. The summed E-state index contributed by atoms with van der Waals surface area (Å²) in [5.41, 5.74) is 1.16. The second-order valence-corrected chi connectivity index (χ2v) is 29.3. The molecule has 0 bridgehead atoms. The Labute approximate surface area is 227 Å². The van der Waals surface area contributed by atoms with Gasteiger partial charge in [0.25, 0.3) is 0 Å². The van der Waals surface area contributed by atoms with Crippen molar-refractivity contribution in [2.24, 2.45) is 0 Å². The van der Waals surface area contributed by atoms with Gasteiger partial charge in [0, 0.05) is 0 Å². The van der Waals surface area contributed by atoms with Gasteiger partial charge in [0.1, 0.15) is 6.10 Å². The highest BCUT2D eigenvalue weighted by Gasteiger charge is 2.44. The Morgan fingerprint density at radius 3 is 1.36 bits per heavy atom. The first-order valence-electron chi connectivity index (χ1n) is 13.6. The van der Waals surface area contributed by atoms with Gasteiger partial charge in [0.2, 0.25) is 0 Å². The van der Waals surface area contributed by atoms with Crippen molar-refractivity contribution in [3.05, 3.63) is 35.9 Å². The fourth-order valence-corrected chi connectivity index (χ4v) is 6.18. The summed E-state index contributed by atoms with van der Waals surface area (Å²) in [6, 6.07) is 10.4. The molecule has 0 aliphatic rings. The maximum absolute atomic E-state index is 7.06. The lowest BCUT2D eigenvalue weighted by Crippen LogP contribution is -2.53. The largest absolute Gasteiger partial charge is 0.414 e. The number of hydrogen-bond donors (Lipinski definition) is 0. The molecule has 36 heavy (non-hydrogen) atoms. The van der Waals surface area contributed by atoms with E-state index < -0.39 is 25.0 Å². The third kappa shape index (κ3) is 9.79. The Bertz CT molecular complexity index is 787. The molecule has 0 spiro atoms. The van der Waals surface area contributed by atoms with Gasteiger partial charge in [-0.25, -0.2) is 0 Å². The van der Waals surface area contributed by atoms with E-state index in [1.807, 2.05) is 6.07 Å². The molecule has 0 aliphatic heterocycles. The van der Waals surface area contributed by atoms with E-state index in [1.54, 1.807) is 0 Å². The lowest BCUT2D eigenvalue weighted by Gasteiger charge is -2.44. The third-order valence-electron chi connectivity index (χ3n) is 8.80. The summed E-state index contributed by atoms with van der Waals surface area (Å²) >= 11 is 0. The van der Waals surface area contributed by atoms with Crippen LogP contribution in [0.5, 0.6) is 0 Å². The van der Waals surface area contributed by atoms with Crippen LogP contribution in [0.25, 0.3) is 0 Å². The molecule has 0 aromatic heterocycles. The Hall–Kier alpha value is -0.289. The first-order valence-corrected chi connectivity index (χ1v) is 22.3. The van der Waals surface area contributed by atoms with E-state index in [9.17, 15) is 0 Å². The normalized spacial score (nSPS) is 16.2. The molecule has 0 N–H and O–H groups in total. The summed E-state index contributed by atoms with van der Waals surface area (Å²) in [5, 5.41) is 0.351. The zero-order valence-corrected chi connectivity index (χ0v) is 29.3. The van der Waals surface area contributed by atoms with E-state index in [2.05, 4.69) is 126 Å². The van der Waals surface area contributed by atoms with Crippen LogP contribution in [0, 0.1) is 0 Å². The highest BCUT2D eigenvalue weighted by molar-refractivity contribution is 6.75. The lowest BCUT2D eigenvalue weighted by atomic mass is 10.2. The van der Waals surface area contributed by atoms with Gasteiger partial charge in [0.15, 0.2) is 25.0 Å². The Kier molecular flexibility index (Phi) is 11.5. The topological polar surface area (TPSA) is 36.9 Å². The van der Waals surface area contributed by atoms with Crippen LogP contribution < -0.4 is 0 Å². The molecule has 2 unspecified atom stereocenters. The molecule has 1 rings (SSSR count). The van der Waals surface area contributed by atoms with Crippen molar-refractivity contribution < 1.29 is 18.0 Å². The van der Waals surface area contributed by atoms with E-state index in [0.717, 1.165) is 5.56 Å². The molecule has 1 aromatic carbocycles. The van der Waals surface area contributed by atoms with Crippen molar-refractivity contribution in [1.29, 1.82) is 0 Å². The van der Waals surface area contributed by atoms with Crippen LogP contribution in [-0.4, -0.2) is 50.4 Å². The molecule has 0 heterocycles. The zero-order valence-electron chi connectivity index (χ0n) is 26.3. The Morgan fingerprint density at radius 2 is 0.972 bits per heavy atom. The molecular formula is C29H58O4Si3. The molecule has 0 amide bonds. The predicted molar refractivity (Wildman–Crippen MR) is 163 cm³/mol. The summed E-state index contributed by atoms with van der Waals surface area (Å²) in [4.78, 5) is 0. The first-order chi connectivity index (χ1) is 16.0. The summed E-state index contributed by atoms with van der Waals surface area (Å²) in [6.07, 6.45) is -0.397. The van der Waals surface area contributed by atoms with Gasteiger partial charge in [-0.1, -0.05) is 92.6 Å². The van der Waals surface area contributed by atoms with Gasteiger partial charge in [-0.05, 0) is 60.0 Å². The second-order valence-electron chi connectivity index (χ2n) is 14.9. The minimum atomic E-state index is -2.08. The van der Waals surface area contributed by atoms with E-state index in [-0.39, 0.29) is 27.3 Å². The fraction of sp³-hybridized carbons (Fsp3) is 0.793. The van der Waals surface area contributed by atoms with Crippen molar-refractivity contribution in [3.63, 3.8) is 0 Å². The summed E-state index contributed by atoms with van der Waals surface area (Å²) < 4.78 is 27.2. The molecular weight excluding hydrogens is 497 g/mol. The van der Waals surface area contributed by atoms with E-state index in [1.165, 1.54) is 0 Å². The minimum Gasteiger partial charge on any atom is -0.414 e. The molecule has 0 saturated carbocycles. The smallest absolute Gasteiger partial charge is 0.192 e. The second kappa shape index (κ2) is 12.3. The average molecular weight is 555 g/mol. The third-order valence-corrected chi connectivity index (χ3v) is 22.3. The lowest BCUT2D eigenvalue weighted by molar-refractivity contribution is -0.0764. The van der Waals surface area contributed by atoms with Gasteiger partial charge in [-0.3, -0.25) is 0 Å². The standard InChI is InChI=1S/C29H58O4Si3/c1-27(2,3)34(10,11)31-22-25(30-21-24-19-17-16-18-20-24)26(33-36(14,15)29(7,8)9)23-32-35(12,13)28(4,5)6/h16-20,25-26H,21-23H2,1-15H3. The quantitative estimate of drug-likeness (QED) is 0.242. The van der Waals surface area contributed by atoms with E-state index in [4.69, 9.17) is 18.0 Å². The van der Waals surface area contributed by atoms with Crippen molar-refractivity contribution in [2.75, 3.05) is 13.2 Å². The van der Waals surface area contributed by atoms with Crippen LogP contribution in [-0.2, 0) is 24.6 Å². The summed E-state index contributed by atoms with van der Waals surface area (Å²) in [5.74, 6) is 0. The van der Waals surface area contributed by atoms with Gasteiger partial charge in [-0.2, -0.15) is 0 Å². The number of hydrogen-bond acceptors (Lipinski definition) is 4. The van der Waals surface area contributed by atoms with Crippen LogP contribution in [0.15, 0.2) is 30.3 Å². The molecule has 0 saturated heterocycles. The summed E-state index contributed by atoms with van der Waals surface area (Å²) in [6.45, 7) is 36.0. The maximum atomic E-state index is 7.06.